The first-order valence-electron chi connectivity index (χ1n) is 19.0. The Morgan fingerprint density at radius 3 is 1.40 bits per heavy atom. The number of nitrogens with two attached hydrogens (primary N) is 1. The van der Waals surface area contributed by atoms with Crippen molar-refractivity contribution in [1.82, 2.24) is 0 Å². The zero-order chi connectivity index (χ0) is 33.1. The zero-order valence-electron chi connectivity index (χ0n) is 29.6. The number of hydrogen-bond donors (Lipinski definition) is 2. The molecule has 45 heavy (non-hydrogen) atoms. The minimum absolute atomic E-state index is 0.0905. The van der Waals surface area contributed by atoms with Gasteiger partial charge in [-0.1, -0.05) is 168 Å². The van der Waals surface area contributed by atoms with Gasteiger partial charge in [-0.05, 0) is 12.8 Å². The van der Waals surface area contributed by atoms with Gasteiger partial charge in [0.15, 0.2) is 0 Å². The first-order valence-corrected chi connectivity index (χ1v) is 20.5. The van der Waals surface area contributed by atoms with Crippen molar-refractivity contribution in [3.8, 4) is 0 Å². The lowest BCUT2D eigenvalue weighted by molar-refractivity contribution is -0.154. The smallest absolute Gasteiger partial charge is 0.457 e. The molecule has 0 aliphatic carbocycles. The Bertz CT molecular complexity index is 667. The summed E-state index contributed by atoms with van der Waals surface area (Å²) in [5, 5.41) is 0. The molecule has 0 heterocycles. The Kier molecular flexibility index (Phi) is 34.4. The minimum atomic E-state index is -4.26. The van der Waals surface area contributed by atoms with Crippen molar-refractivity contribution in [2.24, 2.45) is 5.73 Å². The molecule has 0 aromatic heterocycles. The van der Waals surface area contributed by atoms with Gasteiger partial charge in [-0.15, -0.1) is 0 Å². The molecule has 0 aliphatic rings. The van der Waals surface area contributed by atoms with Crippen LogP contribution in [0.25, 0.3) is 0 Å². The normalized spacial score (nSPS) is 13.6. The van der Waals surface area contributed by atoms with Gasteiger partial charge in [0.1, 0.15) is 6.10 Å². The van der Waals surface area contributed by atoms with Crippen LogP contribution in [0.5, 0.6) is 0 Å². The summed E-state index contributed by atoms with van der Waals surface area (Å²) >= 11 is 0. The molecule has 8 nitrogen and oxygen atoms in total. The molecule has 0 fully saturated rings. The van der Waals surface area contributed by atoms with Crippen molar-refractivity contribution in [2.75, 3.05) is 33.0 Å². The van der Waals surface area contributed by atoms with Crippen LogP contribution in [0.4, 0.5) is 0 Å². The summed E-state index contributed by atoms with van der Waals surface area (Å²) < 4.78 is 33.3. The number of phosphoric acid groups is 1. The van der Waals surface area contributed by atoms with Crippen molar-refractivity contribution < 1.29 is 32.8 Å². The van der Waals surface area contributed by atoms with Gasteiger partial charge in [-0.25, -0.2) is 4.57 Å². The predicted molar refractivity (Wildman–Crippen MR) is 187 cm³/mol. The average molecular weight is 664 g/mol. The molecule has 0 aliphatic heterocycles. The van der Waals surface area contributed by atoms with Crippen LogP contribution in [-0.4, -0.2) is 49.9 Å². The molecule has 0 rings (SSSR count). The van der Waals surface area contributed by atoms with Gasteiger partial charge in [-0.2, -0.15) is 0 Å². The quantitative estimate of drug-likeness (QED) is 0.0383. The van der Waals surface area contributed by atoms with E-state index in [1.165, 1.54) is 135 Å². The number of carbonyl (C=O) groups is 1. The SMILES string of the molecule is CCCCCCCCCCCCCCCCC(=O)O[C@H](COCCCCCCCCCCCCCC)COP(=O)(O)OCCN. The fourth-order valence-electron chi connectivity index (χ4n) is 5.47. The third kappa shape index (κ3) is 34.6. The van der Waals surface area contributed by atoms with Gasteiger partial charge >= 0.3 is 13.8 Å². The lowest BCUT2D eigenvalue weighted by Gasteiger charge is -2.20. The van der Waals surface area contributed by atoms with Crippen LogP contribution in [0.15, 0.2) is 0 Å². The molecule has 0 radical (unpaired) electrons. The number of esters is 1. The van der Waals surface area contributed by atoms with E-state index in [1.807, 2.05) is 0 Å². The standard InChI is InChI=1S/C36H74NO7P/c1-3-5-7-9-11-13-15-17-18-19-21-23-25-27-29-36(38)44-35(34-43-45(39,40)42-32-30-37)33-41-31-28-26-24-22-20-16-14-12-10-8-6-4-2/h35H,3-34,37H2,1-2H3,(H,39,40)/t35-/m1/s1. The Balaban J connectivity index is 4.05. The zero-order valence-corrected chi connectivity index (χ0v) is 30.5. The van der Waals surface area contributed by atoms with E-state index in [-0.39, 0.29) is 32.3 Å². The highest BCUT2D eigenvalue weighted by molar-refractivity contribution is 7.47. The third-order valence-corrected chi connectivity index (χ3v) is 9.26. The van der Waals surface area contributed by atoms with Crippen LogP contribution in [0, 0.1) is 0 Å². The van der Waals surface area contributed by atoms with Crippen molar-refractivity contribution in [3.63, 3.8) is 0 Å². The Morgan fingerprint density at radius 2 is 0.978 bits per heavy atom. The maximum Gasteiger partial charge on any atom is 0.472 e. The molecule has 270 valence electrons. The second-order valence-electron chi connectivity index (χ2n) is 12.8. The van der Waals surface area contributed by atoms with E-state index in [0.717, 1.165) is 32.1 Å². The third-order valence-electron chi connectivity index (χ3n) is 8.27. The van der Waals surface area contributed by atoms with E-state index in [1.54, 1.807) is 0 Å². The fourth-order valence-corrected chi connectivity index (χ4v) is 6.23. The highest BCUT2D eigenvalue weighted by atomic mass is 31.2. The molecule has 0 saturated heterocycles. The van der Waals surface area contributed by atoms with E-state index in [2.05, 4.69) is 13.8 Å². The van der Waals surface area contributed by atoms with Crippen molar-refractivity contribution in [3.05, 3.63) is 0 Å². The maximum absolute atomic E-state index is 12.5. The minimum Gasteiger partial charge on any atom is -0.457 e. The van der Waals surface area contributed by atoms with Crippen LogP contribution in [0.2, 0.25) is 0 Å². The lowest BCUT2D eigenvalue weighted by Crippen LogP contribution is -2.28. The first-order chi connectivity index (χ1) is 21.9. The van der Waals surface area contributed by atoms with Crippen molar-refractivity contribution in [2.45, 2.75) is 193 Å². The number of ether oxygens (including phenoxy) is 2. The van der Waals surface area contributed by atoms with Gasteiger partial charge in [0.25, 0.3) is 0 Å². The van der Waals surface area contributed by atoms with Gasteiger partial charge in [-0.3, -0.25) is 13.8 Å². The van der Waals surface area contributed by atoms with Gasteiger partial charge in [0, 0.05) is 19.6 Å². The second-order valence-corrected chi connectivity index (χ2v) is 14.3. The van der Waals surface area contributed by atoms with E-state index >= 15 is 0 Å². The summed E-state index contributed by atoms with van der Waals surface area (Å²) in [7, 11) is -4.26. The maximum atomic E-state index is 12.5. The summed E-state index contributed by atoms with van der Waals surface area (Å²) in [5.74, 6) is -0.327. The molecule has 2 atom stereocenters. The van der Waals surface area contributed by atoms with Crippen molar-refractivity contribution in [1.29, 1.82) is 0 Å². The Morgan fingerprint density at radius 1 is 0.578 bits per heavy atom. The number of hydrogen-bond acceptors (Lipinski definition) is 7. The predicted octanol–water partition coefficient (Wildman–Crippen LogP) is 10.6. The first kappa shape index (κ1) is 44.5. The van der Waals surface area contributed by atoms with E-state index < -0.39 is 13.9 Å². The summed E-state index contributed by atoms with van der Waals surface area (Å²) in [6.07, 6.45) is 32.5. The summed E-state index contributed by atoms with van der Waals surface area (Å²) in [4.78, 5) is 22.3. The molecular formula is C36H74NO7P. The molecule has 0 aromatic rings. The molecule has 1 unspecified atom stereocenters. The Labute approximate surface area is 278 Å². The highest BCUT2D eigenvalue weighted by Crippen LogP contribution is 2.43. The van der Waals surface area contributed by atoms with Crippen LogP contribution in [0.1, 0.15) is 187 Å². The largest absolute Gasteiger partial charge is 0.472 e. The fraction of sp³-hybridized carbons (Fsp3) is 0.972. The summed E-state index contributed by atoms with van der Waals surface area (Å²) in [5.41, 5.74) is 5.35. The highest BCUT2D eigenvalue weighted by Gasteiger charge is 2.25. The summed E-state index contributed by atoms with van der Waals surface area (Å²) in [6.45, 7) is 4.95. The van der Waals surface area contributed by atoms with E-state index in [4.69, 9.17) is 24.3 Å². The Hall–Kier alpha value is -0.500. The van der Waals surface area contributed by atoms with Crippen LogP contribution in [0.3, 0.4) is 0 Å². The summed E-state index contributed by atoms with van der Waals surface area (Å²) in [6, 6.07) is 0. The topological polar surface area (TPSA) is 117 Å². The molecule has 3 N–H and O–H groups in total. The van der Waals surface area contributed by atoms with E-state index in [0.29, 0.717) is 13.0 Å². The van der Waals surface area contributed by atoms with Gasteiger partial charge in [0.05, 0.1) is 19.8 Å². The van der Waals surface area contributed by atoms with Crippen LogP contribution >= 0.6 is 7.82 Å². The number of phosphoric ester groups is 1. The van der Waals surface area contributed by atoms with Gasteiger partial charge < -0.3 is 20.1 Å². The molecule has 0 aromatic carbocycles. The molecule has 0 spiro atoms. The molecule has 0 saturated carbocycles. The molecule has 0 amide bonds. The average Bonchev–Trinajstić information content (AvgIpc) is 3.02. The molecular weight excluding hydrogens is 589 g/mol. The van der Waals surface area contributed by atoms with Crippen LogP contribution < -0.4 is 5.73 Å². The lowest BCUT2D eigenvalue weighted by atomic mass is 10.0. The number of carbonyl (C=O) groups excluding carboxylic acids is 1. The molecule has 9 heteroatoms. The molecule has 0 bridgehead atoms. The number of rotatable bonds is 37. The second kappa shape index (κ2) is 34.8. The van der Waals surface area contributed by atoms with Crippen LogP contribution in [-0.2, 0) is 27.9 Å². The van der Waals surface area contributed by atoms with E-state index in [9.17, 15) is 14.3 Å². The van der Waals surface area contributed by atoms with Gasteiger partial charge in [0.2, 0.25) is 0 Å². The monoisotopic (exact) mass is 664 g/mol. The van der Waals surface area contributed by atoms with Crippen molar-refractivity contribution >= 4 is 13.8 Å². The number of unbranched alkanes of at least 4 members (excludes halogenated alkanes) is 24.